The first-order chi connectivity index (χ1) is 11.2. The first-order valence-corrected chi connectivity index (χ1v) is 9.20. The Morgan fingerprint density at radius 2 is 1.79 bits per heavy atom. The van der Waals surface area contributed by atoms with E-state index in [4.69, 9.17) is 21.1 Å². The minimum Gasteiger partial charge on any atom is -0.495 e. The molecule has 0 radical (unpaired) electrons. The number of benzene rings is 2. The van der Waals surface area contributed by atoms with E-state index in [1.54, 1.807) is 24.3 Å². The average molecular weight is 365 g/mol. The molecule has 3 rings (SSSR count). The average Bonchev–Trinajstić information content (AvgIpc) is 2.53. The molecule has 0 bridgehead atoms. The summed E-state index contributed by atoms with van der Waals surface area (Å²) in [5.74, 6) is 0.837. The van der Waals surface area contributed by atoms with Crippen molar-refractivity contribution in [3.05, 3.63) is 53.1 Å². The number of rotatable bonds is 3. The molecule has 0 saturated carbocycles. The summed E-state index contributed by atoms with van der Waals surface area (Å²) in [6.45, 7) is 3.86. The van der Waals surface area contributed by atoms with Crippen LogP contribution >= 0.6 is 11.6 Å². The van der Waals surface area contributed by atoms with Gasteiger partial charge in [0.05, 0.1) is 12.0 Å². The van der Waals surface area contributed by atoms with Crippen molar-refractivity contribution < 1.29 is 17.9 Å². The molecule has 1 heterocycles. The van der Waals surface area contributed by atoms with Gasteiger partial charge in [-0.15, -0.1) is 0 Å². The Hall–Kier alpha value is -1.98. The number of fused-ring (bicyclic) bond motifs is 1. The van der Waals surface area contributed by atoms with Gasteiger partial charge >= 0.3 is 0 Å². The number of hydrogen-bond donors (Lipinski definition) is 0. The van der Waals surface area contributed by atoms with Gasteiger partial charge in [-0.05, 0) is 50.3 Å². The molecule has 0 amide bonds. The van der Waals surface area contributed by atoms with E-state index >= 15 is 0 Å². The van der Waals surface area contributed by atoms with Crippen LogP contribution in [-0.2, 0) is 9.84 Å². The monoisotopic (exact) mass is 364 g/mol. The van der Waals surface area contributed by atoms with Crippen LogP contribution < -0.4 is 9.47 Å². The molecule has 0 aliphatic carbocycles. The second-order valence-corrected chi connectivity index (χ2v) is 8.39. The van der Waals surface area contributed by atoms with Crippen molar-refractivity contribution in [3.63, 3.8) is 0 Å². The van der Waals surface area contributed by atoms with Crippen molar-refractivity contribution in [2.75, 3.05) is 7.11 Å². The van der Waals surface area contributed by atoms with Crippen LogP contribution in [0, 0.1) is 0 Å². The quantitative estimate of drug-likeness (QED) is 0.811. The SMILES string of the molecule is COc1cc2c(cc1S(=O)(=O)c1ccc(Cl)cc1)C=CC(C)(C)O2. The van der Waals surface area contributed by atoms with Gasteiger partial charge in [0.15, 0.2) is 0 Å². The van der Waals surface area contributed by atoms with Gasteiger partial charge < -0.3 is 9.47 Å². The predicted octanol–water partition coefficient (Wildman–Crippen LogP) is 4.37. The lowest BCUT2D eigenvalue weighted by Gasteiger charge is -2.28. The number of ether oxygens (including phenoxy) is 2. The Kier molecular flexibility index (Phi) is 4.10. The molecule has 0 atom stereocenters. The zero-order valence-electron chi connectivity index (χ0n) is 13.5. The first kappa shape index (κ1) is 16.9. The number of sulfone groups is 1. The molecule has 0 unspecified atom stereocenters. The molecule has 0 saturated heterocycles. The predicted molar refractivity (Wildman–Crippen MR) is 93.6 cm³/mol. The fourth-order valence-corrected chi connectivity index (χ4v) is 4.06. The lowest BCUT2D eigenvalue weighted by Crippen LogP contribution is -2.27. The van der Waals surface area contributed by atoms with Gasteiger partial charge in [0.2, 0.25) is 9.84 Å². The molecule has 1 aliphatic rings. The highest BCUT2D eigenvalue weighted by Gasteiger charge is 2.28. The summed E-state index contributed by atoms with van der Waals surface area (Å²) < 4.78 is 37.1. The summed E-state index contributed by atoms with van der Waals surface area (Å²) in [4.78, 5) is 0.255. The van der Waals surface area contributed by atoms with Crippen LogP contribution in [0.5, 0.6) is 11.5 Å². The lowest BCUT2D eigenvalue weighted by molar-refractivity contribution is 0.158. The zero-order chi connectivity index (χ0) is 17.5. The third-order valence-corrected chi connectivity index (χ3v) is 5.79. The summed E-state index contributed by atoms with van der Waals surface area (Å²) in [5, 5.41) is 0.477. The molecule has 2 aromatic carbocycles. The molecule has 0 N–H and O–H groups in total. The van der Waals surface area contributed by atoms with Crippen LogP contribution in [0.4, 0.5) is 0 Å². The number of hydrogen-bond acceptors (Lipinski definition) is 4. The van der Waals surface area contributed by atoms with Crippen molar-refractivity contribution in [2.45, 2.75) is 29.2 Å². The number of halogens is 1. The molecule has 24 heavy (non-hydrogen) atoms. The maximum absolute atomic E-state index is 12.9. The van der Waals surface area contributed by atoms with E-state index in [9.17, 15) is 8.42 Å². The highest BCUT2D eigenvalue weighted by atomic mass is 35.5. The Bertz CT molecular complexity index is 913. The minimum atomic E-state index is -3.73. The van der Waals surface area contributed by atoms with E-state index < -0.39 is 15.4 Å². The molecule has 126 valence electrons. The molecule has 0 aromatic heterocycles. The van der Waals surface area contributed by atoms with E-state index in [1.807, 2.05) is 26.0 Å². The molecule has 4 nitrogen and oxygen atoms in total. The fourth-order valence-electron chi connectivity index (χ4n) is 2.49. The first-order valence-electron chi connectivity index (χ1n) is 7.34. The van der Waals surface area contributed by atoms with Gasteiger partial charge in [0.25, 0.3) is 0 Å². The second kappa shape index (κ2) is 5.83. The third kappa shape index (κ3) is 3.01. The Morgan fingerprint density at radius 3 is 2.42 bits per heavy atom. The molecule has 6 heteroatoms. The third-order valence-electron chi connectivity index (χ3n) is 3.75. The molecule has 0 fully saturated rings. The summed E-state index contributed by atoms with van der Waals surface area (Å²) in [7, 11) is -2.30. The normalized spacial score (nSPS) is 15.5. The van der Waals surface area contributed by atoms with Gasteiger partial charge in [-0.3, -0.25) is 0 Å². The highest BCUT2D eigenvalue weighted by molar-refractivity contribution is 7.91. The van der Waals surface area contributed by atoms with E-state index in [-0.39, 0.29) is 15.5 Å². The van der Waals surface area contributed by atoms with E-state index in [1.165, 1.54) is 19.2 Å². The molecular weight excluding hydrogens is 348 g/mol. The van der Waals surface area contributed by atoms with Crippen molar-refractivity contribution in [2.24, 2.45) is 0 Å². The summed E-state index contributed by atoms with van der Waals surface area (Å²) in [5.41, 5.74) is 0.247. The van der Waals surface area contributed by atoms with Gasteiger partial charge in [-0.2, -0.15) is 0 Å². The van der Waals surface area contributed by atoms with Crippen LogP contribution in [0.1, 0.15) is 19.4 Å². The zero-order valence-corrected chi connectivity index (χ0v) is 15.1. The van der Waals surface area contributed by atoms with Gasteiger partial charge in [0.1, 0.15) is 22.0 Å². The van der Waals surface area contributed by atoms with E-state index in [2.05, 4.69) is 0 Å². The molecular formula is C18H17ClO4S. The van der Waals surface area contributed by atoms with Crippen LogP contribution in [0.2, 0.25) is 5.02 Å². The van der Waals surface area contributed by atoms with Crippen LogP contribution in [-0.4, -0.2) is 21.1 Å². The Morgan fingerprint density at radius 1 is 1.12 bits per heavy atom. The maximum atomic E-state index is 12.9. The fraction of sp³-hybridized carbons (Fsp3) is 0.222. The van der Waals surface area contributed by atoms with E-state index in [0.717, 1.165) is 0 Å². The van der Waals surface area contributed by atoms with Gasteiger partial charge in [-0.1, -0.05) is 17.7 Å². The summed E-state index contributed by atoms with van der Waals surface area (Å²) in [6.07, 6.45) is 3.75. The van der Waals surface area contributed by atoms with Crippen molar-refractivity contribution in [3.8, 4) is 11.5 Å². The Balaban J connectivity index is 2.16. The maximum Gasteiger partial charge on any atom is 0.210 e. The second-order valence-electron chi connectivity index (χ2n) is 6.04. The summed E-state index contributed by atoms with van der Waals surface area (Å²) in [6, 6.07) is 9.24. The van der Waals surface area contributed by atoms with Crippen LogP contribution in [0.15, 0.2) is 52.3 Å². The largest absolute Gasteiger partial charge is 0.495 e. The summed E-state index contributed by atoms with van der Waals surface area (Å²) >= 11 is 5.84. The van der Waals surface area contributed by atoms with Gasteiger partial charge in [-0.25, -0.2) is 8.42 Å². The van der Waals surface area contributed by atoms with Gasteiger partial charge in [0, 0.05) is 16.7 Å². The van der Waals surface area contributed by atoms with E-state index in [0.29, 0.717) is 16.3 Å². The minimum absolute atomic E-state index is 0.0963. The topological polar surface area (TPSA) is 52.6 Å². The molecule has 2 aromatic rings. The molecule has 1 aliphatic heterocycles. The van der Waals surface area contributed by atoms with Crippen LogP contribution in [0.25, 0.3) is 6.08 Å². The van der Waals surface area contributed by atoms with Crippen molar-refractivity contribution in [1.29, 1.82) is 0 Å². The smallest absolute Gasteiger partial charge is 0.210 e. The standard InChI is InChI=1S/C18H17ClO4S/c1-18(2)9-8-12-10-17(16(22-3)11-15(12)23-18)24(20,21)14-6-4-13(19)5-7-14/h4-11H,1-3H3. The lowest BCUT2D eigenvalue weighted by atomic mass is 10.0. The highest BCUT2D eigenvalue weighted by Crippen LogP contribution is 2.39. The van der Waals surface area contributed by atoms with Crippen molar-refractivity contribution >= 4 is 27.5 Å². The van der Waals surface area contributed by atoms with Crippen molar-refractivity contribution in [1.82, 2.24) is 0 Å². The molecule has 0 spiro atoms. The van der Waals surface area contributed by atoms with Crippen LogP contribution in [0.3, 0.4) is 0 Å². The Labute approximate surface area is 146 Å². The number of methoxy groups -OCH3 is 1.